The minimum atomic E-state index is 0.866. The number of hydrogen-bond acceptors (Lipinski definition) is 1. The number of ether oxygens (including phenoxy) is 1. The maximum atomic E-state index is 5.80. The highest BCUT2D eigenvalue weighted by Gasteiger charge is 2.20. The van der Waals surface area contributed by atoms with Crippen molar-refractivity contribution in [2.45, 2.75) is 39.5 Å². The van der Waals surface area contributed by atoms with Gasteiger partial charge in [-0.05, 0) is 49.0 Å². The lowest BCUT2D eigenvalue weighted by molar-refractivity contribution is 0.302. The number of hydrogen-bond donors (Lipinski definition) is 0. The molecule has 1 saturated carbocycles. The summed E-state index contributed by atoms with van der Waals surface area (Å²) in [6.45, 7) is 5.19. The molecule has 0 radical (unpaired) electrons. The molecule has 2 rings (SSSR count). The summed E-state index contributed by atoms with van der Waals surface area (Å²) in [6, 6.07) is 8.42. The summed E-state index contributed by atoms with van der Waals surface area (Å²) >= 11 is 0. The molecule has 0 N–H and O–H groups in total. The summed E-state index contributed by atoms with van der Waals surface area (Å²) in [5.41, 5.74) is 2.61. The lowest BCUT2D eigenvalue weighted by atomic mass is 10.1. The van der Waals surface area contributed by atoms with Gasteiger partial charge in [0.25, 0.3) is 0 Å². The van der Waals surface area contributed by atoms with E-state index in [0.29, 0.717) is 0 Å². The predicted molar refractivity (Wildman–Crippen MR) is 73.2 cm³/mol. The molecule has 1 heteroatoms. The van der Waals surface area contributed by atoms with Crippen LogP contribution >= 0.6 is 0 Å². The van der Waals surface area contributed by atoms with Gasteiger partial charge in [-0.25, -0.2) is 0 Å². The van der Waals surface area contributed by atoms with Crippen molar-refractivity contribution in [2.24, 2.45) is 5.92 Å². The first kappa shape index (κ1) is 12.2. The van der Waals surface area contributed by atoms with Crippen LogP contribution in [-0.4, -0.2) is 6.61 Å². The molecular weight excluding hydrogens is 208 g/mol. The zero-order chi connectivity index (χ0) is 12.1. The molecule has 92 valence electrons. The molecule has 1 nitrogen and oxygen atoms in total. The molecule has 0 aliphatic heterocycles. The Kier molecular flexibility index (Phi) is 4.24. The van der Waals surface area contributed by atoms with E-state index < -0.39 is 0 Å². The molecular formula is C16H22O. The summed E-state index contributed by atoms with van der Waals surface area (Å²) < 4.78 is 5.80. The Labute approximate surface area is 104 Å². The van der Waals surface area contributed by atoms with Crippen molar-refractivity contribution in [2.75, 3.05) is 6.61 Å². The highest BCUT2D eigenvalue weighted by atomic mass is 16.5. The number of allylic oxidation sites excluding steroid dienone is 2. The third-order valence-corrected chi connectivity index (χ3v) is 3.29. The standard InChI is InChI=1S/C16H22O/c1-3-5-13(2)15-6-4-7-16(12-15)17-11-10-14-8-9-14/h4-7,12,14H,3,8-11H2,1-2H3/b13-5-. The summed E-state index contributed by atoms with van der Waals surface area (Å²) in [6.07, 6.45) is 7.36. The average Bonchev–Trinajstić information content (AvgIpc) is 3.14. The maximum Gasteiger partial charge on any atom is 0.119 e. The molecule has 0 heterocycles. The van der Waals surface area contributed by atoms with Gasteiger partial charge in [-0.15, -0.1) is 0 Å². The topological polar surface area (TPSA) is 9.23 Å². The van der Waals surface area contributed by atoms with Crippen LogP contribution in [0.4, 0.5) is 0 Å². The Balaban J connectivity index is 1.92. The van der Waals surface area contributed by atoms with Gasteiger partial charge in [0.15, 0.2) is 0 Å². The van der Waals surface area contributed by atoms with Gasteiger partial charge in [0.2, 0.25) is 0 Å². The first-order chi connectivity index (χ1) is 8.29. The van der Waals surface area contributed by atoms with E-state index in [1.165, 1.54) is 30.4 Å². The molecule has 1 aromatic rings. The molecule has 17 heavy (non-hydrogen) atoms. The Morgan fingerprint density at radius 3 is 2.94 bits per heavy atom. The molecule has 0 aromatic heterocycles. The van der Waals surface area contributed by atoms with E-state index in [-0.39, 0.29) is 0 Å². The molecule has 0 spiro atoms. The van der Waals surface area contributed by atoms with Gasteiger partial charge in [-0.2, -0.15) is 0 Å². The third-order valence-electron chi connectivity index (χ3n) is 3.29. The van der Waals surface area contributed by atoms with Crippen molar-refractivity contribution in [1.82, 2.24) is 0 Å². The van der Waals surface area contributed by atoms with Crippen LogP contribution in [0.25, 0.3) is 5.57 Å². The fourth-order valence-electron chi connectivity index (χ4n) is 2.01. The Morgan fingerprint density at radius 1 is 1.41 bits per heavy atom. The Bertz CT molecular complexity index is 388. The van der Waals surface area contributed by atoms with Crippen molar-refractivity contribution in [3.05, 3.63) is 35.9 Å². The van der Waals surface area contributed by atoms with Gasteiger partial charge in [-0.3, -0.25) is 0 Å². The molecule has 1 aliphatic rings. The van der Waals surface area contributed by atoms with Crippen molar-refractivity contribution < 1.29 is 4.74 Å². The smallest absolute Gasteiger partial charge is 0.119 e. The van der Waals surface area contributed by atoms with E-state index in [0.717, 1.165) is 24.7 Å². The Hall–Kier alpha value is -1.24. The van der Waals surface area contributed by atoms with Crippen LogP contribution in [0.2, 0.25) is 0 Å². The SMILES string of the molecule is CC/C=C(/C)c1cccc(OCCC2CC2)c1. The van der Waals surface area contributed by atoms with Gasteiger partial charge in [0.1, 0.15) is 5.75 Å². The molecule has 0 atom stereocenters. The fourth-order valence-corrected chi connectivity index (χ4v) is 2.01. The van der Waals surface area contributed by atoms with Gasteiger partial charge >= 0.3 is 0 Å². The molecule has 0 saturated heterocycles. The van der Waals surface area contributed by atoms with Crippen molar-refractivity contribution in [3.63, 3.8) is 0 Å². The fraction of sp³-hybridized carbons (Fsp3) is 0.500. The zero-order valence-electron chi connectivity index (χ0n) is 10.9. The average molecular weight is 230 g/mol. The van der Waals surface area contributed by atoms with Crippen molar-refractivity contribution >= 4 is 5.57 Å². The Morgan fingerprint density at radius 2 is 2.24 bits per heavy atom. The van der Waals surface area contributed by atoms with Crippen LogP contribution < -0.4 is 4.74 Å². The van der Waals surface area contributed by atoms with E-state index >= 15 is 0 Å². The molecule has 0 bridgehead atoms. The molecule has 1 fully saturated rings. The van der Waals surface area contributed by atoms with E-state index in [9.17, 15) is 0 Å². The largest absolute Gasteiger partial charge is 0.494 e. The van der Waals surface area contributed by atoms with E-state index in [1.807, 2.05) is 0 Å². The van der Waals surface area contributed by atoms with Crippen LogP contribution in [0.3, 0.4) is 0 Å². The second-order valence-corrected chi connectivity index (χ2v) is 4.90. The second kappa shape index (κ2) is 5.90. The van der Waals surface area contributed by atoms with E-state index in [1.54, 1.807) is 0 Å². The van der Waals surface area contributed by atoms with Crippen LogP contribution in [0, 0.1) is 5.92 Å². The second-order valence-electron chi connectivity index (χ2n) is 4.90. The van der Waals surface area contributed by atoms with Gasteiger partial charge < -0.3 is 4.74 Å². The highest BCUT2D eigenvalue weighted by molar-refractivity contribution is 5.64. The third kappa shape index (κ3) is 3.92. The van der Waals surface area contributed by atoms with E-state index in [4.69, 9.17) is 4.74 Å². The molecule has 1 aromatic carbocycles. The minimum Gasteiger partial charge on any atom is -0.494 e. The molecule has 0 amide bonds. The predicted octanol–water partition coefficient (Wildman–Crippen LogP) is 4.68. The summed E-state index contributed by atoms with van der Waals surface area (Å²) in [4.78, 5) is 0. The quantitative estimate of drug-likeness (QED) is 0.689. The lowest BCUT2D eigenvalue weighted by Crippen LogP contribution is -1.98. The highest BCUT2D eigenvalue weighted by Crippen LogP contribution is 2.32. The summed E-state index contributed by atoms with van der Waals surface area (Å²) in [5.74, 6) is 1.95. The monoisotopic (exact) mass is 230 g/mol. The molecule has 1 aliphatic carbocycles. The van der Waals surface area contributed by atoms with Crippen LogP contribution in [0.1, 0.15) is 45.1 Å². The van der Waals surface area contributed by atoms with Crippen LogP contribution in [-0.2, 0) is 0 Å². The first-order valence-corrected chi connectivity index (χ1v) is 6.69. The number of benzene rings is 1. The molecule has 0 unspecified atom stereocenters. The summed E-state index contributed by atoms with van der Waals surface area (Å²) in [7, 11) is 0. The summed E-state index contributed by atoms with van der Waals surface area (Å²) in [5, 5.41) is 0. The normalized spacial score (nSPS) is 16.0. The zero-order valence-corrected chi connectivity index (χ0v) is 10.9. The maximum absolute atomic E-state index is 5.80. The number of rotatable bonds is 6. The van der Waals surface area contributed by atoms with Gasteiger partial charge in [-0.1, -0.05) is 38.0 Å². The van der Waals surface area contributed by atoms with E-state index in [2.05, 4.69) is 44.2 Å². The van der Waals surface area contributed by atoms with Crippen molar-refractivity contribution in [1.29, 1.82) is 0 Å². The first-order valence-electron chi connectivity index (χ1n) is 6.69. The minimum absolute atomic E-state index is 0.866. The van der Waals surface area contributed by atoms with Gasteiger partial charge in [0.05, 0.1) is 6.61 Å². The van der Waals surface area contributed by atoms with Crippen LogP contribution in [0.5, 0.6) is 5.75 Å². The van der Waals surface area contributed by atoms with Gasteiger partial charge in [0, 0.05) is 0 Å². The van der Waals surface area contributed by atoms with Crippen molar-refractivity contribution in [3.8, 4) is 5.75 Å². The van der Waals surface area contributed by atoms with Crippen LogP contribution in [0.15, 0.2) is 30.3 Å². The lowest BCUT2D eigenvalue weighted by Gasteiger charge is -2.08.